The monoisotopic (exact) mass is 208 g/mol. The van der Waals surface area contributed by atoms with Crippen LogP contribution in [0.3, 0.4) is 0 Å². The first-order chi connectivity index (χ1) is 7.29. The highest BCUT2D eigenvalue weighted by molar-refractivity contribution is 4.96. The minimum atomic E-state index is 0.886. The van der Waals surface area contributed by atoms with E-state index in [0.29, 0.717) is 0 Å². The molecule has 0 aromatic carbocycles. The van der Waals surface area contributed by atoms with Gasteiger partial charge in [-0.3, -0.25) is 0 Å². The Bertz CT molecular complexity index is 180. The summed E-state index contributed by atoms with van der Waals surface area (Å²) < 4.78 is 0. The Morgan fingerprint density at radius 2 is 1.93 bits per heavy atom. The lowest BCUT2D eigenvalue weighted by molar-refractivity contribution is 0.369. The van der Waals surface area contributed by atoms with Gasteiger partial charge in [0.1, 0.15) is 0 Å². The third-order valence-electron chi connectivity index (χ3n) is 4.17. The molecular weight excluding hydrogens is 180 g/mol. The summed E-state index contributed by atoms with van der Waals surface area (Å²) in [6.07, 6.45) is 14.6. The van der Waals surface area contributed by atoms with Gasteiger partial charge in [0.15, 0.2) is 0 Å². The maximum absolute atomic E-state index is 2.51. The molecule has 0 saturated heterocycles. The van der Waals surface area contributed by atoms with Crippen molar-refractivity contribution in [3.63, 3.8) is 0 Å². The highest BCUT2D eigenvalue weighted by atomic mass is 14.3. The number of allylic oxidation sites excluding steroid dienone is 2. The minimum Gasteiger partial charge on any atom is -0.0882 e. The van der Waals surface area contributed by atoms with Crippen LogP contribution in [-0.4, -0.2) is 0 Å². The van der Waals surface area contributed by atoms with Crippen LogP contribution in [0.2, 0.25) is 0 Å². The predicted molar refractivity (Wildman–Crippen MR) is 69.0 cm³/mol. The summed E-state index contributed by atoms with van der Waals surface area (Å²) in [7, 11) is 0. The molecule has 1 aliphatic carbocycles. The zero-order chi connectivity index (χ0) is 11.1. The molecule has 1 rings (SSSR count). The van der Waals surface area contributed by atoms with E-state index in [1.165, 1.54) is 44.9 Å². The number of unbranched alkanes of at least 4 members (excludes halogenated alkanes) is 3. The van der Waals surface area contributed by atoms with E-state index in [-0.39, 0.29) is 0 Å². The molecule has 88 valence electrons. The molecule has 0 radical (unpaired) electrons. The Labute approximate surface area is 96.2 Å². The quantitative estimate of drug-likeness (QED) is 0.416. The Morgan fingerprint density at radius 1 is 1.13 bits per heavy atom. The van der Waals surface area contributed by atoms with Gasteiger partial charge >= 0.3 is 0 Å². The van der Waals surface area contributed by atoms with Crippen LogP contribution in [0.5, 0.6) is 0 Å². The lowest BCUT2D eigenvalue weighted by atomic mass is 9.89. The second-order valence-electron chi connectivity index (χ2n) is 5.19. The highest BCUT2D eigenvalue weighted by Crippen LogP contribution is 2.39. The van der Waals surface area contributed by atoms with Crippen LogP contribution in [0, 0.1) is 17.8 Å². The van der Waals surface area contributed by atoms with Gasteiger partial charge in [-0.25, -0.2) is 0 Å². The van der Waals surface area contributed by atoms with Gasteiger partial charge in [0.05, 0.1) is 0 Å². The molecule has 3 atom stereocenters. The van der Waals surface area contributed by atoms with Crippen molar-refractivity contribution in [1.82, 2.24) is 0 Å². The third-order valence-corrected chi connectivity index (χ3v) is 4.17. The summed E-state index contributed by atoms with van der Waals surface area (Å²) in [5, 5.41) is 0. The molecule has 0 N–H and O–H groups in total. The minimum absolute atomic E-state index is 0.886. The van der Waals surface area contributed by atoms with Gasteiger partial charge in [-0.2, -0.15) is 0 Å². The van der Waals surface area contributed by atoms with Crippen molar-refractivity contribution in [2.45, 2.75) is 65.7 Å². The zero-order valence-corrected chi connectivity index (χ0v) is 10.8. The molecule has 0 amide bonds. The average Bonchev–Trinajstić information content (AvgIpc) is 2.60. The summed E-state index contributed by atoms with van der Waals surface area (Å²) in [5.41, 5.74) is 0. The first kappa shape index (κ1) is 12.8. The van der Waals surface area contributed by atoms with Gasteiger partial charge in [0.25, 0.3) is 0 Å². The smallest absolute Gasteiger partial charge is 0.0205 e. The molecule has 0 aliphatic heterocycles. The van der Waals surface area contributed by atoms with E-state index in [0.717, 1.165) is 17.8 Å². The van der Waals surface area contributed by atoms with E-state index in [9.17, 15) is 0 Å². The van der Waals surface area contributed by atoms with E-state index < -0.39 is 0 Å². The van der Waals surface area contributed by atoms with Crippen LogP contribution in [0.4, 0.5) is 0 Å². The molecule has 1 saturated carbocycles. The maximum Gasteiger partial charge on any atom is -0.0205 e. The van der Waals surface area contributed by atoms with Crippen LogP contribution in [-0.2, 0) is 0 Å². The van der Waals surface area contributed by atoms with Crippen LogP contribution in [0.1, 0.15) is 65.7 Å². The average molecular weight is 208 g/mol. The lowest BCUT2D eigenvalue weighted by Crippen LogP contribution is -2.08. The molecule has 1 fully saturated rings. The number of hydrogen-bond acceptors (Lipinski definition) is 0. The topological polar surface area (TPSA) is 0 Å². The number of rotatable bonds is 6. The van der Waals surface area contributed by atoms with Crippen molar-refractivity contribution < 1.29 is 0 Å². The standard InChI is InChI=1S/C15H28/c1-4-6-7-8-9-10-15-12-11-14(5-2)13(15)3/h9-10,13-15H,4-8,11-12H2,1-3H3/b10-9+. The number of hydrogen-bond donors (Lipinski definition) is 0. The Morgan fingerprint density at radius 3 is 2.53 bits per heavy atom. The van der Waals surface area contributed by atoms with Gasteiger partial charge < -0.3 is 0 Å². The van der Waals surface area contributed by atoms with Crippen LogP contribution in [0.25, 0.3) is 0 Å². The molecule has 0 heteroatoms. The normalized spacial score (nSPS) is 31.5. The summed E-state index contributed by atoms with van der Waals surface area (Å²) in [6.45, 7) is 7.06. The van der Waals surface area contributed by atoms with E-state index >= 15 is 0 Å². The largest absolute Gasteiger partial charge is 0.0882 e. The maximum atomic E-state index is 2.51. The van der Waals surface area contributed by atoms with Crippen molar-refractivity contribution in [2.75, 3.05) is 0 Å². The van der Waals surface area contributed by atoms with Crippen LogP contribution in [0.15, 0.2) is 12.2 Å². The van der Waals surface area contributed by atoms with Crippen LogP contribution < -0.4 is 0 Å². The fraction of sp³-hybridized carbons (Fsp3) is 0.867. The van der Waals surface area contributed by atoms with Gasteiger partial charge in [-0.05, 0) is 43.4 Å². The molecule has 1 aliphatic rings. The summed E-state index contributed by atoms with van der Waals surface area (Å²) in [4.78, 5) is 0. The highest BCUT2D eigenvalue weighted by Gasteiger charge is 2.29. The van der Waals surface area contributed by atoms with Crippen LogP contribution >= 0.6 is 0 Å². The van der Waals surface area contributed by atoms with Gasteiger partial charge in [-0.1, -0.05) is 52.2 Å². The predicted octanol–water partition coefficient (Wildman–Crippen LogP) is 5.20. The van der Waals surface area contributed by atoms with E-state index in [2.05, 4.69) is 32.9 Å². The summed E-state index contributed by atoms with van der Waals surface area (Å²) in [6, 6.07) is 0. The molecule has 0 bridgehead atoms. The first-order valence-electron chi connectivity index (χ1n) is 6.96. The SMILES string of the molecule is CCCCC/C=C/C1CCC(CC)C1C. The second-order valence-corrected chi connectivity index (χ2v) is 5.19. The summed E-state index contributed by atoms with van der Waals surface area (Å²) >= 11 is 0. The zero-order valence-electron chi connectivity index (χ0n) is 10.8. The van der Waals surface area contributed by atoms with Crippen molar-refractivity contribution in [1.29, 1.82) is 0 Å². The van der Waals surface area contributed by atoms with Crippen molar-refractivity contribution in [3.8, 4) is 0 Å². The molecule has 0 spiro atoms. The fourth-order valence-electron chi connectivity index (χ4n) is 2.91. The van der Waals surface area contributed by atoms with Crippen molar-refractivity contribution in [2.24, 2.45) is 17.8 Å². The summed E-state index contributed by atoms with van der Waals surface area (Å²) in [5.74, 6) is 2.81. The Balaban J connectivity index is 2.21. The molecule has 0 aromatic rings. The second kappa shape index (κ2) is 7.09. The fourth-order valence-corrected chi connectivity index (χ4v) is 2.91. The van der Waals surface area contributed by atoms with Crippen molar-refractivity contribution in [3.05, 3.63) is 12.2 Å². The lowest BCUT2D eigenvalue weighted by Gasteiger charge is -2.16. The van der Waals surface area contributed by atoms with Gasteiger partial charge in [-0.15, -0.1) is 0 Å². The van der Waals surface area contributed by atoms with Gasteiger partial charge in [0.2, 0.25) is 0 Å². The van der Waals surface area contributed by atoms with Crippen molar-refractivity contribution >= 4 is 0 Å². The molecule has 0 aromatic heterocycles. The molecule has 0 heterocycles. The van der Waals surface area contributed by atoms with Gasteiger partial charge in [0, 0.05) is 0 Å². The Hall–Kier alpha value is -0.260. The third kappa shape index (κ3) is 4.01. The molecule has 3 unspecified atom stereocenters. The first-order valence-corrected chi connectivity index (χ1v) is 6.96. The van der Waals surface area contributed by atoms with E-state index in [1.54, 1.807) is 0 Å². The Kier molecular flexibility index (Phi) is 6.05. The van der Waals surface area contributed by atoms with E-state index in [1.807, 2.05) is 0 Å². The van der Waals surface area contributed by atoms with E-state index in [4.69, 9.17) is 0 Å². The molecular formula is C15H28. The molecule has 15 heavy (non-hydrogen) atoms. The molecule has 0 nitrogen and oxygen atoms in total.